The second-order valence-corrected chi connectivity index (χ2v) is 24.5. The number of hydrogen-bond donors (Lipinski definition) is 2. The largest absolute Gasteiger partial charge is 0.463 e. The smallest absolute Gasteiger partial charge is 0.417 e. The summed E-state index contributed by atoms with van der Waals surface area (Å²) in [5.74, 6) is 2.56. The molecule has 0 saturated heterocycles. The van der Waals surface area contributed by atoms with Crippen molar-refractivity contribution in [1.82, 2.24) is 0 Å². The third-order valence-corrected chi connectivity index (χ3v) is 13.9. The summed E-state index contributed by atoms with van der Waals surface area (Å²) in [5.41, 5.74) is 8.57. The van der Waals surface area contributed by atoms with E-state index in [2.05, 4.69) is 128 Å². The lowest BCUT2D eigenvalue weighted by Crippen LogP contribution is -2.30. The number of rotatable bonds is 17. The van der Waals surface area contributed by atoms with Crippen LogP contribution in [0.25, 0.3) is 0 Å². The summed E-state index contributed by atoms with van der Waals surface area (Å²) in [6.07, 6.45) is 12.0. The highest BCUT2D eigenvalue weighted by atomic mass is 31.2. The van der Waals surface area contributed by atoms with Crippen LogP contribution in [0.3, 0.4) is 0 Å². The first-order chi connectivity index (χ1) is 30.4. The predicted molar refractivity (Wildman–Crippen MR) is 277 cm³/mol. The first-order valence-corrected chi connectivity index (χ1v) is 26.8. The van der Waals surface area contributed by atoms with Gasteiger partial charge in [0.25, 0.3) is 0 Å². The van der Waals surface area contributed by atoms with Gasteiger partial charge in [-0.15, -0.1) is 0 Å². The summed E-state index contributed by atoms with van der Waals surface area (Å²) >= 11 is 0. The average molecular weight is 929 g/mol. The molecule has 5 rings (SSSR count). The van der Waals surface area contributed by atoms with Crippen molar-refractivity contribution in [3.8, 4) is 11.5 Å². The highest BCUT2D eigenvalue weighted by Gasteiger charge is 2.38. The Bertz CT molecular complexity index is 1910. The van der Waals surface area contributed by atoms with Crippen molar-refractivity contribution in [2.24, 2.45) is 5.92 Å². The Morgan fingerprint density at radius 2 is 1.02 bits per heavy atom. The molecule has 2 N–H and O–H groups in total. The Labute approximate surface area is 398 Å². The fourth-order valence-electron chi connectivity index (χ4n) is 8.37. The van der Waals surface area contributed by atoms with E-state index in [1.165, 1.54) is 65.5 Å². The molecule has 4 aromatic rings. The van der Waals surface area contributed by atoms with E-state index in [1.54, 1.807) is 0 Å². The molecule has 0 aromatic heterocycles. The second kappa shape index (κ2) is 24.0. The Morgan fingerprint density at radius 3 is 1.42 bits per heavy atom. The zero-order chi connectivity index (χ0) is 48.2. The second-order valence-electron chi connectivity index (χ2n) is 22.8. The molecule has 0 saturated carbocycles. The first-order valence-electron chi connectivity index (χ1n) is 24.5. The molecule has 0 spiro atoms. The van der Waals surface area contributed by atoms with Crippen molar-refractivity contribution in [1.29, 1.82) is 0 Å². The number of fused-ring (bicyclic) bond motifs is 2. The maximum absolute atomic E-state index is 9.65. The van der Waals surface area contributed by atoms with Crippen molar-refractivity contribution < 1.29 is 27.9 Å². The van der Waals surface area contributed by atoms with E-state index >= 15 is 0 Å². The molecule has 65 heavy (non-hydrogen) atoms. The summed E-state index contributed by atoms with van der Waals surface area (Å²) in [7, 11) is -4.09. The zero-order valence-electron chi connectivity index (χ0n) is 43.1. The molecule has 0 atom stereocenters. The minimum atomic E-state index is -2.47. The number of hydrogen-bond acceptors (Lipinski definition) is 6. The van der Waals surface area contributed by atoms with Gasteiger partial charge < -0.3 is 18.8 Å². The van der Waals surface area contributed by atoms with Gasteiger partial charge in [0.05, 0.1) is 6.61 Å². The van der Waals surface area contributed by atoms with Crippen molar-refractivity contribution in [2.45, 2.75) is 202 Å². The number of unbranched alkanes of at least 4 members (excludes halogenated alkanes) is 6. The standard InChI is InChI=1S/C37H59O3P.C20H27O3P/c1-14-15-16-17-18-19-20-38-41-39-32-26(22-28(34(2,3)4)24-30(32)36(8,9)10)21-27-23-29(35(5,6)7)25-31(33(27)40-41)37(11,12)13;1-17(2)11-9-10-16-20(23-24(21)22,18-12-5-3-6-13-18)19-14-7-4-8-15-19/h22-25H,14-21H2,1-13H3;3-8,12-15,17,21-22H,9-11,16H2,1-2H3. The molecular formula is C57H86O6P2. The Kier molecular flexibility index (Phi) is 20.2. The Balaban J connectivity index is 0.000000327. The molecule has 1 heterocycles. The highest BCUT2D eigenvalue weighted by molar-refractivity contribution is 7.42. The van der Waals surface area contributed by atoms with E-state index in [9.17, 15) is 9.79 Å². The van der Waals surface area contributed by atoms with Gasteiger partial charge in [-0.2, -0.15) is 0 Å². The quantitative estimate of drug-likeness (QED) is 0.0811. The van der Waals surface area contributed by atoms with Crippen LogP contribution < -0.4 is 9.05 Å². The maximum Gasteiger partial charge on any atom is 0.463 e. The molecule has 0 radical (unpaired) electrons. The van der Waals surface area contributed by atoms with E-state index in [0.29, 0.717) is 18.9 Å². The molecule has 0 aliphatic carbocycles. The lowest BCUT2D eigenvalue weighted by atomic mass is 9.76. The molecule has 360 valence electrons. The fourth-order valence-corrected chi connectivity index (χ4v) is 10.1. The molecule has 6 nitrogen and oxygen atoms in total. The monoisotopic (exact) mass is 929 g/mol. The van der Waals surface area contributed by atoms with E-state index in [0.717, 1.165) is 54.7 Å². The molecule has 0 unspecified atom stereocenters. The van der Waals surface area contributed by atoms with Crippen molar-refractivity contribution in [3.05, 3.63) is 129 Å². The van der Waals surface area contributed by atoms with Crippen LogP contribution in [-0.4, -0.2) is 16.4 Å². The molecule has 1 aliphatic heterocycles. The normalized spacial score (nSPS) is 13.9. The molecular weight excluding hydrogens is 843 g/mol. The Hall–Kier alpha value is -2.82. The van der Waals surface area contributed by atoms with Gasteiger partial charge in [-0.25, -0.2) is 0 Å². The van der Waals surface area contributed by atoms with Gasteiger partial charge in [-0.05, 0) is 80.2 Å². The molecule has 4 aromatic carbocycles. The van der Waals surface area contributed by atoms with Gasteiger partial charge in [-0.3, -0.25) is 9.05 Å². The molecule has 0 amide bonds. The fraction of sp³-hybridized carbons (Fsp3) is 0.579. The lowest BCUT2D eigenvalue weighted by Gasteiger charge is -2.35. The summed E-state index contributed by atoms with van der Waals surface area (Å²) in [6.45, 7) is 34.8. The molecule has 8 heteroatoms. The van der Waals surface area contributed by atoms with E-state index in [-0.39, 0.29) is 21.7 Å². The maximum atomic E-state index is 9.65. The van der Waals surface area contributed by atoms with Gasteiger partial charge in [0, 0.05) is 17.5 Å². The van der Waals surface area contributed by atoms with Crippen LogP contribution >= 0.6 is 17.2 Å². The van der Waals surface area contributed by atoms with Crippen LogP contribution in [0.1, 0.15) is 213 Å². The minimum Gasteiger partial charge on any atom is -0.417 e. The number of benzene rings is 4. The van der Waals surface area contributed by atoms with Crippen LogP contribution in [0.5, 0.6) is 11.5 Å². The first kappa shape index (κ1) is 54.8. The summed E-state index contributed by atoms with van der Waals surface area (Å²) in [6, 6.07) is 29.2. The van der Waals surface area contributed by atoms with Crippen molar-refractivity contribution in [3.63, 3.8) is 0 Å². The van der Waals surface area contributed by atoms with Crippen LogP contribution in [0.4, 0.5) is 0 Å². The topological polar surface area (TPSA) is 77.4 Å². The summed E-state index contributed by atoms with van der Waals surface area (Å²) in [4.78, 5) is 19.3. The summed E-state index contributed by atoms with van der Waals surface area (Å²) < 4.78 is 26.0. The van der Waals surface area contributed by atoms with Gasteiger partial charge in [-0.1, -0.05) is 234 Å². The highest BCUT2D eigenvalue weighted by Crippen LogP contribution is 2.53. The van der Waals surface area contributed by atoms with Gasteiger partial charge in [0.1, 0.15) is 17.1 Å². The lowest BCUT2D eigenvalue weighted by molar-refractivity contribution is 0.0788. The van der Waals surface area contributed by atoms with Crippen molar-refractivity contribution in [2.75, 3.05) is 6.61 Å². The van der Waals surface area contributed by atoms with Gasteiger partial charge >= 0.3 is 17.2 Å². The van der Waals surface area contributed by atoms with Crippen LogP contribution in [0.15, 0.2) is 84.9 Å². The SMILES string of the molecule is CC(C)CCCCC(OP(O)O)(c1ccccc1)c1ccccc1.CCCCCCCCOP1Oc2c(cc(C(C)(C)C)cc2C(C)(C)C)Cc2cc(C(C)(C)C)cc(C(C)(C)C)c2O1. The van der Waals surface area contributed by atoms with Gasteiger partial charge in [0.2, 0.25) is 0 Å². The average Bonchev–Trinajstić information content (AvgIpc) is 3.20. The summed E-state index contributed by atoms with van der Waals surface area (Å²) in [5, 5.41) is 0. The van der Waals surface area contributed by atoms with Crippen LogP contribution in [-0.2, 0) is 42.7 Å². The third-order valence-electron chi connectivity index (χ3n) is 12.4. The van der Waals surface area contributed by atoms with E-state index in [4.69, 9.17) is 18.1 Å². The Morgan fingerprint density at radius 1 is 0.569 bits per heavy atom. The van der Waals surface area contributed by atoms with Gasteiger partial charge in [0.15, 0.2) is 0 Å². The molecule has 1 aliphatic rings. The zero-order valence-corrected chi connectivity index (χ0v) is 44.9. The van der Waals surface area contributed by atoms with Crippen LogP contribution in [0, 0.1) is 5.92 Å². The third kappa shape index (κ3) is 16.2. The minimum absolute atomic E-state index is 0.0273. The molecule has 0 fully saturated rings. The molecule has 0 bridgehead atoms. The van der Waals surface area contributed by atoms with Crippen molar-refractivity contribution >= 4 is 17.2 Å². The van der Waals surface area contributed by atoms with Crippen LogP contribution in [0.2, 0.25) is 0 Å². The van der Waals surface area contributed by atoms with E-state index in [1.807, 2.05) is 60.7 Å². The predicted octanol–water partition coefficient (Wildman–Crippen LogP) is 17.2. The van der Waals surface area contributed by atoms with E-state index < -0.39 is 22.8 Å².